The van der Waals surface area contributed by atoms with Gasteiger partial charge in [-0.25, -0.2) is 0 Å². The summed E-state index contributed by atoms with van der Waals surface area (Å²) in [6.07, 6.45) is 3.27. The van der Waals surface area contributed by atoms with Gasteiger partial charge in [0.2, 0.25) is 0 Å². The first-order valence-corrected chi connectivity index (χ1v) is 9.66. The molecule has 0 bridgehead atoms. The number of nitro groups is 1. The number of rotatable bonds is 8. The maximum atomic E-state index is 12.7. The Balaban J connectivity index is 2.58. The minimum absolute atomic E-state index is 0.0540. The van der Waals surface area contributed by atoms with E-state index in [9.17, 15) is 19.7 Å². The Kier molecular flexibility index (Phi) is 7.23. The Morgan fingerprint density at radius 3 is 2.52 bits per heavy atom. The molecule has 0 radical (unpaired) electrons. The van der Waals surface area contributed by atoms with Crippen LogP contribution in [0.4, 0.5) is 5.69 Å². The highest BCUT2D eigenvalue weighted by Gasteiger charge is 2.18. The summed E-state index contributed by atoms with van der Waals surface area (Å²) in [6, 6.07) is 4.35. The molecule has 0 unspecified atom stereocenters. The van der Waals surface area contributed by atoms with E-state index >= 15 is 0 Å². The number of non-ortho nitro benzene ring substituents is 1. The van der Waals surface area contributed by atoms with Crippen molar-refractivity contribution in [3.8, 4) is 0 Å². The van der Waals surface area contributed by atoms with Gasteiger partial charge in [0.25, 0.3) is 11.6 Å². The monoisotopic (exact) mass is 393 g/mol. The van der Waals surface area contributed by atoms with E-state index in [1.165, 1.54) is 19.2 Å². The third kappa shape index (κ3) is 5.00. The van der Waals surface area contributed by atoms with E-state index in [0.29, 0.717) is 15.0 Å². The third-order valence-corrected chi connectivity index (χ3v) is 5.26. The zero-order valence-corrected chi connectivity index (χ0v) is 16.5. The lowest BCUT2D eigenvalue weighted by atomic mass is 9.98. The molecule has 1 aromatic heterocycles. The number of carbonyl (C=O) groups excluding carboxylic acids is 2. The fourth-order valence-electron chi connectivity index (χ4n) is 2.88. The van der Waals surface area contributed by atoms with Crippen molar-refractivity contribution in [2.75, 3.05) is 7.11 Å². The second kappa shape index (κ2) is 9.40. The van der Waals surface area contributed by atoms with Gasteiger partial charge in [0.15, 0.2) is 4.80 Å². The number of carbonyl (C=O) groups is 2. The summed E-state index contributed by atoms with van der Waals surface area (Å²) in [7, 11) is 1.28. The van der Waals surface area contributed by atoms with Crippen LogP contribution in [0.25, 0.3) is 10.2 Å². The standard InChI is InChI=1S/C18H23N3O5S/c1-4-6-12(7-5-2)17(23)19-18-20(11-16(22)26-3)14-9-8-13(21(24)25)10-15(14)27-18/h8-10,12H,4-7,11H2,1-3H3. The van der Waals surface area contributed by atoms with Crippen molar-refractivity contribution < 1.29 is 19.2 Å². The van der Waals surface area contributed by atoms with E-state index in [4.69, 9.17) is 4.74 Å². The van der Waals surface area contributed by atoms with Gasteiger partial charge < -0.3 is 9.30 Å². The number of benzene rings is 1. The number of amides is 1. The molecule has 0 fully saturated rings. The average Bonchev–Trinajstić information content (AvgIpc) is 2.97. The van der Waals surface area contributed by atoms with Crippen LogP contribution in [0.2, 0.25) is 0 Å². The van der Waals surface area contributed by atoms with Gasteiger partial charge in [0.05, 0.1) is 22.2 Å². The number of aromatic nitrogens is 1. The SMILES string of the molecule is CCCC(CCC)C(=O)N=c1sc2cc([N+](=O)[O-])ccc2n1CC(=O)OC. The first-order chi connectivity index (χ1) is 12.9. The number of ether oxygens (including phenoxy) is 1. The summed E-state index contributed by atoms with van der Waals surface area (Å²) >= 11 is 1.15. The molecule has 0 saturated carbocycles. The van der Waals surface area contributed by atoms with E-state index in [-0.39, 0.29) is 24.1 Å². The summed E-state index contributed by atoms with van der Waals surface area (Å²) in [6.45, 7) is 3.92. The zero-order chi connectivity index (χ0) is 20.0. The van der Waals surface area contributed by atoms with Crippen LogP contribution in [0.15, 0.2) is 23.2 Å². The van der Waals surface area contributed by atoms with Gasteiger partial charge in [-0.05, 0) is 18.9 Å². The molecule has 0 aliphatic carbocycles. The number of thiazole rings is 1. The summed E-state index contributed by atoms with van der Waals surface area (Å²) < 4.78 is 6.89. The van der Waals surface area contributed by atoms with Crippen LogP contribution in [-0.2, 0) is 20.9 Å². The number of nitro benzene ring substituents is 1. The van der Waals surface area contributed by atoms with Crippen LogP contribution in [0.5, 0.6) is 0 Å². The molecule has 8 nitrogen and oxygen atoms in total. The molecule has 2 aromatic rings. The lowest BCUT2D eigenvalue weighted by Gasteiger charge is -2.10. The van der Waals surface area contributed by atoms with Crippen molar-refractivity contribution in [2.24, 2.45) is 10.9 Å². The molecule has 0 spiro atoms. The molecule has 0 aliphatic heterocycles. The van der Waals surface area contributed by atoms with E-state index in [2.05, 4.69) is 4.99 Å². The molecule has 0 saturated heterocycles. The first-order valence-electron chi connectivity index (χ1n) is 8.84. The largest absolute Gasteiger partial charge is 0.468 e. The summed E-state index contributed by atoms with van der Waals surface area (Å²) in [5.74, 6) is -0.870. The minimum Gasteiger partial charge on any atom is -0.468 e. The van der Waals surface area contributed by atoms with Crippen LogP contribution in [0.1, 0.15) is 39.5 Å². The van der Waals surface area contributed by atoms with Gasteiger partial charge >= 0.3 is 5.97 Å². The molecule has 0 atom stereocenters. The molecule has 27 heavy (non-hydrogen) atoms. The highest BCUT2D eigenvalue weighted by molar-refractivity contribution is 7.16. The Hall–Kier alpha value is -2.55. The predicted molar refractivity (Wildman–Crippen MR) is 102 cm³/mol. The van der Waals surface area contributed by atoms with E-state index in [1.807, 2.05) is 13.8 Å². The fourth-order valence-corrected chi connectivity index (χ4v) is 3.95. The summed E-state index contributed by atoms with van der Waals surface area (Å²) in [5.41, 5.74) is 0.548. The first kappa shape index (κ1) is 20.8. The minimum atomic E-state index is -0.486. The van der Waals surface area contributed by atoms with Crippen molar-refractivity contribution in [2.45, 2.75) is 46.1 Å². The maximum Gasteiger partial charge on any atom is 0.325 e. The van der Waals surface area contributed by atoms with Crippen LogP contribution < -0.4 is 4.80 Å². The number of hydrogen-bond acceptors (Lipinski definition) is 6. The third-order valence-electron chi connectivity index (χ3n) is 4.22. The number of fused-ring (bicyclic) bond motifs is 1. The molecular weight excluding hydrogens is 370 g/mol. The molecule has 146 valence electrons. The molecule has 1 amide bonds. The normalized spacial score (nSPS) is 11.9. The Morgan fingerprint density at radius 2 is 1.96 bits per heavy atom. The van der Waals surface area contributed by atoms with Crippen molar-refractivity contribution in [1.82, 2.24) is 4.57 Å². The smallest absolute Gasteiger partial charge is 0.325 e. The Morgan fingerprint density at radius 1 is 1.30 bits per heavy atom. The van der Waals surface area contributed by atoms with E-state index < -0.39 is 10.9 Å². The zero-order valence-electron chi connectivity index (χ0n) is 15.6. The topological polar surface area (TPSA) is 104 Å². The van der Waals surface area contributed by atoms with Gasteiger partial charge in [0.1, 0.15) is 6.54 Å². The van der Waals surface area contributed by atoms with Crippen LogP contribution >= 0.6 is 11.3 Å². The van der Waals surface area contributed by atoms with Gasteiger partial charge in [-0.1, -0.05) is 38.0 Å². The van der Waals surface area contributed by atoms with E-state index in [1.54, 1.807) is 10.6 Å². The van der Waals surface area contributed by atoms with Crippen LogP contribution in [0, 0.1) is 16.0 Å². The number of esters is 1. The van der Waals surface area contributed by atoms with Crippen LogP contribution in [0.3, 0.4) is 0 Å². The lowest BCUT2D eigenvalue weighted by molar-refractivity contribution is -0.384. The van der Waals surface area contributed by atoms with Gasteiger partial charge in [-0.2, -0.15) is 4.99 Å². The number of nitrogens with zero attached hydrogens (tertiary/aromatic N) is 3. The highest BCUT2D eigenvalue weighted by Crippen LogP contribution is 2.23. The Labute approximate surface area is 160 Å². The van der Waals surface area contributed by atoms with Crippen LogP contribution in [-0.4, -0.2) is 28.5 Å². The van der Waals surface area contributed by atoms with Gasteiger partial charge in [-0.3, -0.25) is 19.7 Å². The van der Waals surface area contributed by atoms with Crippen molar-refractivity contribution >= 4 is 39.1 Å². The van der Waals surface area contributed by atoms with Crippen molar-refractivity contribution in [1.29, 1.82) is 0 Å². The summed E-state index contributed by atoms with van der Waals surface area (Å²) in [5, 5.41) is 11.0. The molecule has 2 rings (SSSR count). The number of methoxy groups -OCH3 is 1. The highest BCUT2D eigenvalue weighted by atomic mass is 32.1. The molecule has 9 heteroatoms. The fraction of sp³-hybridized carbons (Fsp3) is 0.500. The second-order valence-electron chi connectivity index (χ2n) is 6.18. The average molecular weight is 393 g/mol. The number of hydrogen-bond donors (Lipinski definition) is 0. The molecular formula is C18H23N3O5S. The maximum absolute atomic E-state index is 12.7. The van der Waals surface area contributed by atoms with Crippen molar-refractivity contribution in [3.05, 3.63) is 33.1 Å². The van der Waals surface area contributed by atoms with E-state index in [0.717, 1.165) is 37.0 Å². The molecule has 0 N–H and O–H groups in total. The quantitative estimate of drug-likeness (QED) is 0.388. The Bertz CT molecular complexity index is 909. The predicted octanol–water partition coefficient (Wildman–Crippen LogP) is 3.43. The lowest BCUT2D eigenvalue weighted by Crippen LogP contribution is -2.24. The molecule has 0 aliphatic rings. The second-order valence-corrected chi connectivity index (χ2v) is 7.19. The molecule has 1 heterocycles. The molecule has 1 aromatic carbocycles. The van der Waals surface area contributed by atoms with Gasteiger partial charge in [0, 0.05) is 18.1 Å². The van der Waals surface area contributed by atoms with Crippen molar-refractivity contribution in [3.63, 3.8) is 0 Å². The van der Waals surface area contributed by atoms with Gasteiger partial charge in [-0.15, -0.1) is 0 Å². The summed E-state index contributed by atoms with van der Waals surface area (Å²) in [4.78, 5) is 39.6.